The Balaban J connectivity index is -0.0000000231. The Labute approximate surface area is 123 Å². The number of halogens is 5. The second kappa shape index (κ2) is 29.3. The van der Waals surface area contributed by atoms with Gasteiger partial charge in [-0.2, -0.15) is 0 Å². The van der Waals surface area contributed by atoms with E-state index in [0.717, 1.165) is 13.1 Å². The minimum atomic E-state index is -2.85. The van der Waals surface area contributed by atoms with Gasteiger partial charge in [-0.3, -0.25) is 0 Å². The maximum absolute atomic E-state index is 8.41. The van der Waals surface area contributed by atoms with E-state index in [1.165, 1.54) is 0 Å². The van der Waals surface area contributed by atoms with Gasteiger partial charge in [-0.25, -0.2) is 0 Å². The predicted molar refractivity (Wildman–Crippen MR) is 14.5 cm³/mol. The molecule has 0 heterocycles. The molecule has 13 heavy (non-hydrogen) atoms. The van der Waals surface area contributed by atoms with Crippen LogP contribution in [0.25, 0.3) is 0 Å². The van der Waals surface area contributed by atoms with Crippen LogP contribution in [-0.4, -0.2) is 0 Å². The summed E-state index contributed by atoms with van der Waals surface area (Å²) in [5.41, 5.74) is 0. The van der Waals surface area contributed by atoms with Crippen LogP contribution in [0.3, 0.4) is 0 Å². The van der Waals surface area contributed by atoms with E-state index in [4.69, 9.17) is 28.0 Å². The third-order valence-electron chi connectivity index (χ3n) is 0. The zero-order valence-electron chi connectivity index (χ0n) is 5.71. The van der Waals surface area contributed by atoms with Crippen LogP contribution in [0.2, 0.25) is 0 Å². The van der Waals surface area contributed by atoms with E-state index in [0.29, 0.717) is 0 Å². The van der Waals surface area contributed by atoms with Crippen molar-refractivity contribution in [3.8, 4) is 0 Å². The van der Waals surface area contributed by atoms with Crippen molar-refractivity contribution in [1.82, 2.24) is 0 Å². The fraction of sp³-hybridized carbons (Fsp3) is 0. The minimum Gasteiger partial charge on any atom is -0.357 e. The molecule has 0 aromatic carbocycles. The van der Waals surface area contributed by atoms with Gasteiger partial charge in [0, 0.05) is 0 Å². The topological polar surface area (TPSA) is 138 Å². The molecule has 6 nitrogen and oxygen atoms in total. The van der Waals surface area contributed by atoms with Crippen LogP contribution in [0.5, 0.6) is 0 Å². The molecule has 0 aromatic heterocycles. The molecule has 0 fully saturated rings. The summed E-state index contributed by atoms with van der Waals surface area (Å²) in [6.07, 6.45) is 0. The molecule has 0 aliphatic rings. The van der Waals surface area contributed by atoms with Crippen LogP contribution in [0.4, 0.5) is 0 Å². The Morgan fingerprint density at radius 3 is 0.769 bits per heavy atom. The minimum absolute atomic E-state index is 0. The van der Waals surface area contributed by atoms with Crippen LogP contribution in [0, 0.1) is 34.0 Å². The molecule has 0 rings (SSSR count). The van der Waals surface area contributed by atoms with E-state index >= 15 is 0 Å². The molecular formula is H2Cl5CuNaO6. The van der Waals surface area contributed by atoms with Gasteiger partial charge in [0.05, 0.1) is 34.0 Å². The third-order valence-corrected chi connectivity index (χ3v) is 0. The maximum Gasteiger partial charge on any atom is 1.00 e. The predicted octanol–water partition coefficient (Wildman–Crippen LogP) is -9.29. The molecule has 0 N–H and O–H groups in total. The van der Waals surface area contributed by atoms with Crippen LogP contribution >= 0.6 is 20.2 Å². The molecule has 0 unspecified atom stereocenters. The van der Waals surface area contributed by atoms with Gasteiger partial charge >= 0.3 is 62.9 Å². The van der Waals surface area contributed by atoms with Crippen molar-refractivity contribution in [2.45, 2.75) is 0 Å². The Morgan fingerprint density at radius 1 is 0.769 bits per heavy atom. The Bertz CT molecular complexity index is 44.8. The zero-order chi connectivity index (χ0) is 9.86. The van der Waals surface area contributed by atoms with E-state index in [9.17, 15) is 0 Å². The molecule has 0 aliphatic heterocycles. The zero-order valence-corrected chi connectivity index (χ0v) is 12.6. The molecule has 0 atom stereocenters. The molecule has 13 heteroatoms. The van der Waals surface area contributed by atoms with Crippen LogP contribution in [0.15, 0.2) is 0 Å². The molecule has 0 spiro atoms. The van der Waals surface area contributed by atoms with E-state index in [-0.39, 0.29) is 42.0 Å². The van der Waals surface area contributed by atoms with Crippen molar-refractivity contribution < 1.29 is 105 Å². The number of rotatable bonds is 0. The average Bonchev–Trinajstić information content (AvgIpc) is 1.60. The Kier molecular flexibility index (Phi) is 66.9. The number of hydrogen-bond acceptors (Lipinski definition) is 6. The van der Waals surface area contributed by atoms with Gasteiger partial charge in [-0.05, 0) is 0 Å². The molecule has 0 aromatic rings. The van der Waals surface area contributed by atoms with Crippen molar-refractivity contribution >= 4 is 20.2 Å². The quantitative estimate of drug-likeness (QED) is 0.393. The van der Waals surface area contributed by atoms with Crippen LogP contribution in [-0.2, 0) is 13.1 Å². The monoisotopic (exact) mass is 359 g/mol. The molecule has 85 valence electrons. The van der Waals surface area contributed by atoms with Crippen molar-refractivity contribution in [2.24, 2.45) is 0 Å². The first-order valence-corrected chi connectivity index (χ1v) is 5.60. The van der Waals surface area contributed by atoms with Gasteiger partial charge in [0.1, 0.15) is 0 Å². The number of hydrogen-bond donors (Lipinski definition) is 0. The smallest absolute Gasteiger partial charge is 0.357 e. The van der Waals surface area contributed by atoms with E-state index in [2.05, 4.69) is 20.2 Å². The van der Waals surface area contributed by atoms with E-state index in [1.807, 2.05) is 0 Å². The molecule has 0 aliphatic carbocycles. The summed E-state index contributed by atoms with van der Waals surface area (Å²) < 4.78 is 50.4. The van der Waals surface area contributed by atoms with Crippen LogP contribution in [0.1, 0.15) is 0 Å². The normalized spacial score (nSPS) is 7.23. The first kappa shape index (κ1) is 29.6. The second-order valence-electron chi connectivity index (χ2n) is 0.421. The standard InChI is InChI=1S/2ClO3.ClH2.2ClH.Cu.Na/c2*2-1(3)4;;;;;/h;;1H2;2*1H;;/q2*-1;+1;;;+2;+1/p-2. The van der Waals surface area contributed by atoms with Gasteiger partial charge in [-0.15, -0.1) is 0 Å². The van der Waals surface area contributed by atoms with Crippen molar-refractivity contribution in [3.63, 3.8) is 0 Å². The molecule has 0 saturated carbocycles. The summed E-state index contributed by atoms with van der Waals surface area (Å²) in [7, 11) is 3.64. The second-order valence-corrected chi connectivity index (χ2v) is 2.73. The molecular weight excluding hydrogens is 360 g/mol. The summed E-state index contributed by atoms with van der Waals surface area (Å²) in [4.78, 5) is 0. The van der Waals surface area contributed by atoms with Gasteiger partial charge in [0.15, 0.2) is 0 Å². The van der Waals surface area contributed by atoms with Crippen LogP contribution < -0.4 is 57.5 Å². The molecule has 0 bridgehead atoms. The van der Waals surface area contributed by atoms with Crippen molar-refractivity contribution in [3.05, 3.63) is 0 Å². The van der Waals surface area contributed by atoms with Crippen molar-refractivity contribution in [2.75, 3.05) is 0 Å². The first-order chi connectivity index (χ1) is 4.88. The largest absolute Gasteiger partial charge is 1.00 e. The Hall–Kier alpha value is 2.73. The molecule has 0 radical (unpaired) electrons. The summed E-state index contributed by atoms with van der Waals surface area (Å²) in [5, 5.41) is 0. The van der Waals surface area contributed by atoms with Crippen molar-refractivity contribution in [1.29, 1.82) is 0 Å². The average molecular weight is 362 g/mol. The van der Waals surface area contributed by atoms with E-state index < -0.39 is 21.6 Å². The fourth-order valence-corrected chi connectivity index (χ4v) is 0. The summed E-state index contributed by atoms with van der Waals surface area (Å²) in [5.74, 6) is 0. The third kappa shape index (κ3) is 320. The van der Waals surface area contributed by atoms with Gasteiger partial charge in [0.25, 0.3) is 0 Å². The fourth-order valence-electron chi connectivity index (χ4n) is 0. The van der Waals surface area contributed by atoms with E-state index in [1.54, 1.807) is 0 Å². The maximum atomic E-state index is 8.41. The van der Waals surface area contributed by atoms with Gasteiger partial charge in [-0.1, -0.05) is 0 Å². The van der Waals surface area contributed by atoms with Gasteiger partial charge in [0.2, 0.25) is 0 Å². The summed E-state index contributed by atoms with van der Waals surface area (Å²) >= 11 is 0.757. The Morgan fingerprint density at radius 2 is 0.769 bits per heavy atom. The van der Waals surface area contributed by atoms with Gasteiger partial charge < -0.3 is 28.0 Å². The SMILES string of the molecule is [ClH2+].[Cl][Cu][Cl].[Na+].[O-][Cl+2]([O-])[O-].[O-][Cl+2]([O-])[O-]. The summed E-state index contributed by atoms with van der Waals surface area (Å²) in [6, 6.07) is 0. The molecule has 0 amide bonds. The molecule has 0 saturated heterocycles. The summed E-state index contributed by atoms with van der Waals surface area (Å²) in [6.45, 7) is 0. The first-order valence-electron chi connectivity index (χ1n) is 1.15.